The molecule has 0 fully saturated rings. The molecule has 0 aliphatic heterocycles. The molecule has 2 rings (SSSR count). The Hall–Kier alpha value is -2.15. The zero-order chi connectivity index (χ0) is 20.0. The van der Waals surface area contributed by atoms with Gasteiger partial charge in [0.25, 0.3) is 0 Å². The minimum absolute atomic E-state index is 0.124. The van der Waals surface area contributed by atoms with Gasteiger partial charge in [-0.15, -0.1) is 0 Å². The number of halogens is 1. The minimum atomic E-state index is -3.50. The van der Waals surface area contributed by atoms with E-state index in [4.69, 9.17) is 11.6 Å². The lowest BCUT2D eigenvalue weighted by atomic mass is 10.2. The summed E-state index contributed by atoms with van der Waals surface area (Å²) in [6.07, 6.45) is 3.14. The van der Waals surface area contributed by atoms with Gasteiger partial charge in [0.1, 0.15) is 0 Å². The van der Waals surface area contributed by atoms with Crippen LogP contribution in [-0.2, 0) is 21.4 Å². The lowest BCUT2D eigenvalue weighted by Gasteiger charge is -2.21. The van der Waals surface area contributed by atoms with E-state index in [1.807, 2.05) is 26.0 Å². The van der Waals surface area contributed by atoms with Gasteiger partial charge in [0.05, 0.1) is 4.90 Å². The molecule has 0 heterocycles. The Labute approximate surface area is 165 Å². The quantitative estimate of drug-likeness (QED) is 0.713. The van der Waals surface area contributed by atoms with Crippen LogP contribution in [0.4, 0.5) is 0 Å². The van der Waals surface area contributed by atoms with Crippen LogP contribution in [0.15, 0.2) is 59.5 Å². The number of nitrogens with zero attached hydrogens (tertiary/aromatic N) is 1. The van der Waals surface area contributed by atoms with Crippen LogP contribution in [0.1, 0.15) is 25.0 Å². The van der Waals surface area contributed by atoms with E-state index in [0.717, 1.165) is 11.1 Å². The van der Waals surface area contributed by atoms with E-state index in [1.54, 1.807) is 49.5 Å². The smallest absolute Gasteiger partial charge is 0.244 e. The predicted octanol–water partition coefficient (Wildman–Crippen LogP) is 3.70. The Morgan fingerprint density at radius 1 is 1.11 bits per heavy atom. The first-order chi connectivity index (χ1) is 12.7. The molecular weight excluding hydrogens is 384 g/mol. The Morgan fingerprint density at radius 2 is 1.70 bits per heavy atom. The van der Waals surface area contributed by atoms with Gasteiger partial charge in [0.2, 0.25) is 15.9 Å². The maximum absolute atomic E-state index is 12.4. The fraction of sp³-hybridized carbons (Fsp3) is 0.250. The highest BCUT2D eigenvalue weighted by Crippen LogP contribution is 2.17. The molecule has 0 saturated carbocycles. The number of rotatable bonds is 7. The van der Waals surface area contributed by atoms with E-state index in [-0.39, 0.29) is 16.8 Å². The summed E-state index contributed by atoms with van der Waals surface area (Å²) in [5, 5.41) is 3.41. The molecule has 0 atom stereocenters. The lowest BCUT2D eigenvalue weighted by Crippen LogP contribution is -2.33. The SMILES string of the molecule is CC(C)N(C)S(=O)(=O)c1ccc(CNC(=O)C=Cc2ccc(Cl)cc2)cc1. The van der Waals surface area contributed by atoms with Crippen molar-refractivity contribution in [3.63, 3.8) is 0 Å². The molecule has 0 unspecified atom stereocenters. The van der Waals surface area contributed by atoms with Gasteiger partial charge >= 0.3 is 0 Å². The second-order valence-electron chi connectivity index (χ2n) is 6.36. The van der Waals surface area contributed by atoms with E-state index in [2.05, 4.69) is 5.32 Å². The van der Waals surface area contributed by atoms with E-state index in [0.29, 0.717) is 11.6 Å². The summed E-state index contributed by atoms with van der Waals surface area (Å²) in [5.41, 5.74) is 1.69. The molecule has 0 aromatic heterocycles. The third kappa shape index (κ3) is 5.92. The van der Waals surface area contributed by atoms with E-state index < -0.39 is 10.0 Å². The fourth-order valence-electron chi connectivity index (χ4n) is 2.22. The average Bonchev–Trinajstić information content (AvgIpc) is 2.65. The zero-order valence-electron chi connectivity index (χ0n) is 15.5. The maximum atomic E-state index is 12.4. The van der Waals surface area contributed by atoms with Crippen molar-refractivity contribution >= 4 is 33.6 Å². The maximum Gasteiger partial charge on any atom is 0.244 e. The first kappa shape index (κ1) is 21.2. The molecule has 7 heteroatoms. The van der Waals surface area contributed by atoms with Crippen molar-refractivity contribution in [3.8, 4) is 0 Å². The Morgan fingerprint density at radius 3 is 2.26 bits per heavy atom. The largest absolute Gasteiger partial charge is 0.348 e. The fourth-order valence-corrected chi connectivity index (χ4v) is 3.71. The second kappa shape index (κ2) is 9.17. The van der Waals surface area contributed by atoms with Crippen molar-refractivity contribution in [2.45, 2.75) is 31.3 Å². The van der Waals surface area contributed by atoms with E-state index in [9.17, 15) is 13.2 Å². The van der Waals surface area contributed by atoms with Crippen LogP contribution in [0.5, 0.6) is 0 Å². The molecule has 2 aromatic rings. The summed E-state index contributed by atoms with van der Waals surface area (Å²) >= 11 is 5.82. The standard InChI is InChI=1S/C20H23ClN2O3S/c1-15(2)23(3)27(25,26)19-11-6-17(7-12-19)14-22-20(24)13-8-16-4-9-18(21)10-5-16/h4-13,15H,14H2,1-3H3,(H,22,24). The number of benzene rings is 2. The summed E-state index contributed by atoms with van der Waals surface area (Å²) in [4.78, 5) is 12.2. The molecule has 27 heavy (non-hydrogen) atoms. The highest BCUT2D eigenvalue weighted by molar-refractivity contribution is 7.89. The van der Waals surface area contributed by atoms with Crippen LogP contribution in [0.3, 0.4) is 0 Å². The average molecular weight is 407 g/mol. The van der Waals surface area contributed by atoms with Crippen molar-refractivity contribution < 1.29 is 13.2 Å². The number of carbonyl (C=O) groups is 1. The summed E-state index contributed by atoms with van der Waals surface area (Å²) in [5.74, 6) is -0.235. The van der Waals surface area contributed by atoms with Crippen molar-refractivity contribution in [2.75, 3.05) is 7.05 Å². The van der Waals surface area contributed by atoms with E-state index in [1.165, 1.54) is 10.4 Å². The summed E-state index contributed by atoms with van der Waals surface area (Å²) in [7, 11) is -1.95. The molecule has 0 spiro atoms. The molecule has 2 aromatic carbocycles. The van der Waals surface area contributed by atoms with Crippen LogP contribution in [-0.4, -0.2) is 31.7 Å². The van der Waals surface area contributed by atoms with Gasteiger partial charge in [-0.25, -0.2) is 8.42 Å². The van der Waals surface area contributed by atoms with Gasteiger partial charge in [-0.3, -0.25) is 4.79 Å². The minimum Gasteiger partial charge on any atom is -0.348 e. The van der Waals surface area contributed by atoms with Gasteiger partial charge in [0.15, 0.2) is 0 Å². The Balaban J connectivity index is 1.95. The third-order valence-electron chi connectivity index (χ3n) is 4.09. The number of carbonyl (C=O) groups excluding carboxylic acids is 1. The van der Waals surface area contributed by atoms with Crippen LogP contribution in [0.2, 0.25) is 5.02 Å². The lowest BCUT2D eigenvalue weighted by molar-refractivity contribution is -0.116. The number of hydrogen-bond acceptors (Lipinski definition) is 3. The van der Waals surface area contributed by atoms with Crippen LogP contribution in [0.25, 0.3) is 6.08 Å². The van der Waals surface area contributed by atoms with Crippen LogP contribution >= 0.6 is 11.6 Å². The van der Waals surface area contributed by atoms with Crippen molar-refractivity contribution in [2.24, 2.45) is 0 Å². The van der Waals surface area contributed by atoms with Crippen LogP contribution in [0, 0.1) is 0 Å². The summed E-state index contributed by atoms with van der Waals surface area (Å²) in [6.45, 7) is 3.95. The first-order valence-electron chi connectivity index (χ1n) is 8.48. The van der Waals surface area contributed by atoms with Gasteiger partial charge in [-0.2, -0.15) is 4.31 Å². The normalized spacial score (nSPS) is 12.1. The molecule has 1 N–H and O–H groups in total. The number of amides is 1. The van der Waals surface area contributed by atoms with E-state index >= 15 is 0 Å². The van der Waals surface area contributed by atoms with Crippen molar-refractivity contribution in [1.29, 1.82) is 0 Å². The number of sulfonamides is 1. The Bertz CT molecular complexity index is 905. The highest BCUT2D eigenvalue weighted by Gasteiger charge is 2.22. The van der Waals surface area contributed by atoms with Crippen molar-refractivity contribution in [1.82, 2.24) is 9.62 Å². The molecular formula is C20H23ClN2O3S. The molecule has 5 nitrogen and oxygen atoms in total. The zero-order valence-corrected chi connectivity index (χ0v) is 17.1. The number of nitrogens with one attached hydrogen (secondary N) is 1. The van der Waals surface area contributed by atoms with Gasteiger partial charge in [-0.05, 0) is 55.3 Å². The monoisotopic (exact) mass is 406 g/mol. The molecule has 144 valence electrons. The van der Waals surface area contributed by atoms with Gasteiger partial charge in [0, 0.05) is 30.7 Å². The molecule has 0 aliphatic rings. The second-order valence-corrected chi connectivity index (χ2v) is 8.80. The van der Waals surface area contributed by atoms with Gasteiger partial charge < -0.3 is 5.32 Å². The molecule has 0 saturated heterocycles. The Kier molecular flexibility index (Phi) is 7.18. The summed E-state index contributed by atoms with van der Waals surface area (Å²) < 4.78 is 26.2. The first-order valence-corrected chi connectivity index (χ1v) is 10.3. The van der Waals surface area contributed by atoms with Crippen molar-refractivity contribution in [3.05, 3.63) is 70.8 Å². The molecule has 0 radical (unpaired) electrons. The molecule has 1 amide bonds. The topological polar surface area (TPSA) is 66.5 Å². The van der Waals surface area contributed by atoms with Gasteiger partial charge in [-0.1, -0.05) is 35.9 Å². The highest BCUT2D eigenvalue weighted by atomic mass is 35.5. The third-order valence-corrected chi connectivity index (χ3v) is 6.39. The molecule has 0 aliphatic carbocycles. The predicted molar refractivity (Wildman–Crippen MR) is 109 cm³/mol. The molecule has 0 bridgehead atoms. The number of hydrogen-bond donors (Lipinski definition) is 1. The summed E-state index contributed by atoms with van der Waals surface area (Å²) in [6, 6.07) is 13.5. The van der Waals surface area contributed by atoms with Crippen LogP contribution < -0.4 is 5.32 Å².